The van der Waals surface area contributed by atoms with E-state index in [1.54, 1.807) is 11.3 Å². The summed E-state index contributed by atoms with van der Waals surface area (Å²) in [6.07, 6.45) is 6.58. The molecule has 0 amide bonds. The standard InChI is InChI=1S/C21H23N3S.BrH/c1-4-10-17(11-5-1)20-16-25-21(22-18-12-6-2-7-13-18)24(20)23-19-14-8-3-9-15-19;/h1,3-5,8-11,14-16,18,23H,2,6-7,12-13H2;1H. The average molecular weight is 430 g/mol. The lowest BCUT2D eigenvalue weighted by Crippen LogP contribution is -3.00. The average Bonchev–Trinajstić information content (AvgIpc) is 3.06. The third kappa shape index (κ3) is 4.46. The normalized spacial score (nSPS) is 14.5. The Morgan fingerprint density at radius 1 is 0.846 bits per heavy atom. The summed E-state index contributed by atoms with van der Waals surface area (Å²) < 4.78 is 2.20. The maximum absolute atomic E-state index is 3.78. The van der Waals surface area contributed by atoms with Crippen LogP contribution in [0.3, 0.4) is 0 Å². The van der Waals surface area contributed by atoms with Crippen molar-refractivity contribution < 1.29 is 21.7 Å². The molecule has 2 N–H and O–H groups in total. The second-order valence-corrected chi connectivity index (χ2v) is 7.44. The summed E-state index contributed by atoms with van der Waals surface area (Å²) in [5.41, 5.74) is 7.08. The van der Waals surface area contributed by atoms with Crippen molar-refractivity contribution in [2.45, 2.75) is 38.1 Å². The molecule has 5 heteroatoms. The minimum Gasteiger partial charge on any atom is -1.00 e. The molecule has 1 heterocycles. The molecule has 0 atom stereocenters. The highest BCUT2D eigenvalue weighted by Crippen LogP contribution is 2.26. The van der Waals surface area contributed by atoms with Crippen LogP contribution in [0.4, 0.5) is 10.8 Å². The Kier molecular flexibility index (Phi) is 6.69. The van der Waals surface area contributed by atoms with Gasteiger partial charge in [0.2, 0.25) is 0 Å². The highest BCUT2D eigenvalue weighted by atomic mass is 79.9. The zero-order chi connectivity index (χ0) is 16.9. The molecule has 0 radical (unpaired) electrons. The van der Waals surface area contributed by atoms with E-state index >= 15 is 0 Å². The number of nitrogens with zero attached hydrogens (tertiary/aromatic N) is 1. The number of aromatic nitrogens is 1. The van der Waals surface area contributed by atoms with Gasteiger partial charge in [-0.1, -0.05) is 66.3 Å². The van der Waals surface area contributed by atoms with Crippen molar-refractivity contribution in [2.24, 2.45) is 0 Å². The highest BCUT2D eigenvalue weighted by Gasteiger charge is 2.24. The Bertz CT molecular complexity index is 799. The van der Waals surface area contributed by atoms with Crippen molar-refractivity contribution in [3.8, 4) is 11.3 Å². The molecule has 1 saturated carbocycles. The molecule has 0 saturated heterocycles. The van der Waals surface area contributed by atoms with Crippen LogP contribution in [0.2, 0.25) is 0 Å². The Labute approximate surface area is 169 Å². The predicted molar refractivity (Wildman–Crippen MR) is 106 cm³/mol. The second-order valence-electron chi connectivity index (χ2n) is 6.58. The SMILES string of the molecule is [Br-].c1ccc(N[n+]2c(-c3ccccc3)csc2NC2CCCCC2)cc1. The summed E-state index contributed by atoms with van der Waals surface area (Å²) in [7, 11) is 0. The molecule has 1 aliphatic carbocycles. The lowest BCUT2D eigenvalue weighted by Gasteiger charge is -2.19. The number of rotatable bonds is 5. The van der Waals surface area contributed by atoms with E-state index in [1.165, 1.54) is 48.5 Å². The Morgan fingerprint density at radius 3 is 2.19 bits per heavy atom. The third-order valence-electron chi connectivity index (χ3n) is 4.74. The molecule has 1 aliphatic rings. The van der Waals surface area contributed by atoms with Gasteiger partial charge in [0.1, 0.15) is 0 Å². The van der Waals surface area contributed by atoms with E-state index in [9.17, 15) is 0 Å². The molecule has 26 heavy (non-hydrogen) atoms. The lowest BCUT2D eigenvalue weighted by atomic mass is 9.96. The van der Waals surface area contributed by atoms with Crippen LogP contribution in [-0.4, -0.2) is 6.04 Å². The monoisotopic (exact) mass is 429 g/mol. The van der Waals surface area contributed by atoms with Crippen molar-refractivity contribution in [3.63, 3.8) is 0 Å². The van der Waals surface area contributed by atoms with Crippen molar-refractivity contribution in [1.29, 1.82) is 0 Å². The van der Waals surface area contributed by atoms with Crippen LogP contribution in [0.5, 0.6) is 0 Å². The predicted octanol–water partition coefficient (Wildman–Crippen LogP) is 2.33. The summed E-state index contributed by atoms with van der Waals surface area (Å²) in [5.74, 6) is 0. The first-order chi connectivity index (χ1) is 12.4. The Morgan fingerprint density at radius 2 is 1.50 bits per heavy atom. The molecular weight excluding hydrogens is 406 g/mol. The van der Waals surface area contributed by atoms with Gasteiger partial charge in [0.05, 0.1) is 11.7 Å². The fourth-order valence-corrected chi connectivity index (χ4v) is 4.35. The largest absolute Gasteiger partial charge is 1.00 e. The van der Waals surface area contributed by atoms with Crippen molar-refractivity contribution >= 4 is 22.2 Å². The first-order valence-corrected chi connectivity index (χ1v) is 9.96. The van der Waals surface area contributed by atoms with E-state index < -0.39 is 0 Å². The van der Waals surface area contributed by atoms with Crippen LogP contribution in [0.25, 0.3) is 11.3 Å². The van der Waals surface area contributed by atoms with Gasteiger partial charge in [0, 0.05) is 10.9 Å². The maximum Gasteiger partial charge on any atom is 0.358 e. The summed E-state index contributed by atoms with van der Waals surface area (Å²) in [6.45, 7) is 0. The molecule has 0 spiro atoms. The number of para-hydroxylation sites is 1. The fraction of sp³-hybridized carbons (Fsp3) is 0.286. The van der Waals surface area contributed by atoms with Crippen molar-refractivity contribution in [2.75, 3.05) is 10.7 Å². The minimum atomic E-state index is 0. The minimum absolute atomic E-state index is 0. The molecule has 3 aromatic rings. The molecule has 0 unspecified atom stereocenters. The number of benzene rings is 2. The number of thiazole rings is 1. The highest BCUT2D eigenvalue weighted by molar-refractivity contribution is 7.13. The van der Waals surface area contributed by atoms with Crippen LogP contribution in [-0.2, 0) is 0 Å². The van der Waals surface area contributed by atoms with E-state index in [0.717, 1.165) is 5.69 Å². The van der Waals surface area contributed by atoms with Crippen LogP contribution in [0.15, 0.2) is 66.0 Å². The number of hydrogen-bond donors (Lipinski definition) is 2. The van der Waals surface area contributed by atoms with E-state index in [0.29, 0.717) is 6.04 Å². The van der Waals surface area contributed by atoms with E-state index in [4.69, 9.17) is 0 Å². The van der Waals surface area contributed by atoms with E-state index in [1.807, 2.05) is 6.07 Å². The summed E-state index contributed by atoms with van der Waals surface area (Å²) in [5, 5.41) is 7.19. The molecule has 3 nitrogen and oxygen atoms in total. The van der Waals surface area contributed by atoms with Gasteiger partial charge in [-0.05, 0) is 37.8 Å². The van der Waals surface area contributed by atoms with E-state index in [-0.39, 0.29) is 17.0 Å². The summed E-state index contributed by atoms with van der Waals surface area (Å²) in [4.78, 5) is 0. The van der Waals surface area contributed by atoms with Gasteiger partial charge >= 0.3 is 5.13 Å². The molecule has 1 aromatic heterocycles. The van der Waals surface area contributed by atoms with Crippen molar-refractivity contribution in [1.82, 2.24) is 0 Å². The zero-order valence-electron chi connectivity index (χ0n) is 14.7. The van der Waals surface area contributed by atoms with Crippen LogP contribution < -0.4 is 32.4 Å². The number of anilines is 2. The first kappa shape index (κ1) is 18.9. The van der Waals surface area contributed by atoms with Gasteiger partial charge in [0.25, 0.3) is 0 Å². The topological polar surface area (TPSA) is 27.9 Å². The zero-order valence-corrected chi connectivity index (χ0v) is 17.1. The molecular formula is C21H24BrN3S. The summed E-state index contributed by atoms with van der Waals surface area (Å²) >= 11 is 1.77. The molecule has 1 fully saturated rings. The lowest BCUT2D eigenvalue weighted by molar-refractivity contribution is -0.612. The quantitative estimate of drug-likeness (QED) is 0.609. The molecule has 136 valence electrons. The Hall–Kier alpha value is -1.85. The van der Waals surface area contributed by atoms with E-state index in [2.05, 4.69) is 75.4 Å². The van der Waals surface area contributed by atoms with Crippen LogP contribution in [0, 0.1) is 0 Å². The molecule has 0 bridgehead atoms. The third-order valence-corrected chi connectivity index (χ3v) is 5.61. The van der Waals surface area contributed by atoms with Crippen LogP contribution >= 0.6 is 11.3 Å². The second kappa shape index (κ2) is 9.19. The smallest absolute Gasteiger partial charge is 0.358 e. The summed E-state index contributed by atoms with van der Waals surface area (Å²) in [6, 6.07) is 21.5. The molecule has 2 aromatic carbocycles. The number of nitrogens with one attached hydrogen (secondary N) is 2. The van der Waals surface area contributed by atoms with Gasteiger partial charge < -0.3 is 17.0 Å². The number of halogens is 1. The van der Waals surface area contributed by atoms with Crippen LogP contribution in [0.1, 0.15) is 32.1 Å². The maximum atomic E-state index is 3.78. The molecule has 0 aliphatic heterocycles. The van der Waals surface area contributed by atoms with Gasteiger partial charge in [-0.3, -0.25) is 5.32 Å². The number of hydrogen-bond acceptors (Lipinski definition) is 3. The Balaban J connectivity index is 0.00000196. The van der Waals surface area contributed by atoms with Gasteiger partial charge in [0.15, 0.2) is 5.69 Å². The fourth-order valence-electron chi connectivity index (χ4n) is 3.41. The van der Waals surface area contributed by atoms with Crippen molar-refractivity contribution in [3.05, 3.63) is 66.0 Å². The molecule has 4 rings (SSSR count). The van der Waals surface area contributed by atoms with Gasteiger partial charge in [-0.15, -0.1) is 4.68 Å². The van der Waals surface area contributed by atoms with Gasteiger partial charge in [-0.25, -0.2) is 5.43 Å². The van der Waals surface area contributed by atoms with Gasteiger partial charge in [-0.2, -0.15) is 0 Å². The first-order valence-electron chi connectivity index (χ1n) is 9.08.